The second-order valence-electron chi connectivity index (χ2n) is 3.25. The molecule has 3 nitrogen and oxygen atoms in total. The highest BCUT2D eigenvalue weighted by atomic mass is 35.6. The molecule has 1 saturated heterocycles. The minimum Gasteiger partial charge on any atom is -0.461 e. The molecule has 0 aromatic rings. The lowest BCUT2D eigenvalue weighted by Gasteiger charge is -2.21. The topological polar surface area (TPSA) is 38.3 Å². The van der Waals surface area contributed by atoms with Crippen molar-refractivity contribution in [2.24, 2.45) is 5.92 Å². The van der Waals surface area contributed by atoms with E-state index in [0.29, 0.717) is 0 Å². The van der Waals surface area contributed by atoms with Crippen LogP contribution < -0.4 is 5.32 Å². The van der Waals surface area contributed by atoms with Gasteiger partial charge in [-0.25, -0.2) is 0 Å². The van der Waals surface area contributed by atoms with Gasteiger partial charge in [0.25, 0.3) is 0 Å². The Morgan fingerprint density at radius 3 is 2.43 bits per heavy atom. The predicted octanol–water partition coefficient (Wildman–Crippen LogP) is 1.90. The van der Waals surface area contributed by atoms with Crippen molar-refractivity contribution in [3.05, 3.63) is 0 Å². The maximum atomic E-state index is 11.4. The Kier molecular flexibility index (Phi) is 4.77. The first-order valence-electron chi connectivity index (χ1n) is 4.43. The molecule has 14 heavy (non-hydrogen) atoms. The van der Waals surface area contributed by atoms with Crippen molar-refractivity contribution in [3.8, 4) is 0 Å². The highest BCUT2D eigenvalue weighted by molar-refractivity contribution is 6.67. The van der Waals surface area contributed by atoms with Crippen LogP contribution in [-0.4, -0.2) is 29.5 Å². The quantitative estimate of drug-likeness (QED) is 0.609. The Morgan fingerprint density at radius 1 is 1.36 bits per heavy atom. The van der Waals surface area contributed by atoms with Crippen molar-refractivity contribution >= 4 is 40.8 Å². The number of hydrogen-bond donors (Lipinski definition) is 1. The average molecular weight is 261 g/mol. The molecule has 0 aromatic carbocycles. The average Bonchev–Trinajstić information content (AvgIpc) is 2.14. The summed E-state index contributed by atoms with van der Waals surface area (Å²) in [6.07, 6.45) is 1.58. The van der Waals surface area contributed by atoms with E-state index in [-0.39, 0.29) is 18.5 Å². The molecule has 1 fully saturated rings. The number of rotatable bonds is 2. The molecule has 0 saturated carbocycles. The molecule has 0 unspecified atom stereocenters. The minimum atomic E-state index is -1.51. The number of hydrogen-bond acceptors (Lipinski definition) is 3. The number of carbonyl (C=O) groups is 1. The zero-order chi connectivity index (χ0) is 10.6. The zero-order valence-corrected chi connectivity index (χ0v) is 9.83. The van der Waals surface area contributed by atoms with Gasteiger partial charge < -0.3 is 10.1 Å². The summed E-state index contributed by atoms with van der Waals surface area (Å²) in [7, 11) is 0. The lowest BCUT2D eigenvalue weighted by atomic mass is 9.99. The van der Waals surface area contributed by atoms with Crippen molar-refractivity contribution in [3.63, 3.8) is 0 Å². The Balaban J connectivity index is 2.27. The number of esters is 1. The Bertz CT molecular complexity index is 199. The van der Waals surface area contributed by atoms with Crippen LogP contribution in [0.25, 0.3) is 0 Å². The fourth-order valence-corrected chi connectivity index (χ4v) is 1.49. The van der Waals surface area contributed by atoms with Crippen molar-refractivity contribution in [1.82, 2.24) is 5.32 Å². The Morgan fingerprint density at radius 2 is 1.93 bits per heavy atom. The van der Waals surface area contributed by atoms with Gasteiger partial charge in [-0.05, 0) is 25.9 Å². The lowest BCUT2D eigenvalue weighted by Crippen LogP contribution is -2.33. The summed E-state index contributed by atoms with van der Waals surface area (Å²) in [5.41, 5.74) is 0. The summed E-state index contributed by atoms with van der Waals surface area (Å²) >= 11 is 16.4. The number of ether oxygens (including phenoxy) is 1. The van der Waals surface area contributed by atoms with Crippen molar-refractivity contribution in [2.45, 2.75) is 16.6 Å². The van der Waals surface area contributed by atoms with E-state index in [1.807, 2.05) is 0 Å². The third-order valence-corrected chi connectivity index (χ3v) is 2.38. The molecule has 1 aliphatic rings. The van der Waals surface area contributed by atoms with E-state index in [0.717, 1.165) is 25.9 Å². The lowest BCUT2D eigenvalue weighted by molar-refractivity contribution is -0.149. The smallest absolute Gasteiger partial charge is 0.309 e. The molecule has 0 aliphatic carbocycles. The molecule has 1 aliphatic heterocycles. The second kappa shape index (κ2) is 5.40. The van der Waals surface area contributed by atoms with Crippen LogP contribution in [0.5, 0.6) is 0 Å². The summed E-state index contributed by atoms with van der Waals surface area (Å²) in [4.78, 5) is 11.4. The van der Waals surface area contributed by atoms with Crippen LogP contribution in [0.4, 0.5) is 0 Å². The molecule has 1 N–H and O–H groups in total. The third-order valence-electron chi connectivity index (χ3n) is 2.05. The summed E-state index contributed by atoms with van der Waals surface area (Å²) < 4.78 is 3.37. The predicted molar refractivity (Wildman–Crippen MR) is 56.8 cm³/mol. The second-order valence-corrected chi connectivity index (χ2v) is 5.76. The highest BCUT2D eigenvalue weighted by Gasteiger charge is 2.26. The maximum absolute atomic E-state index is 11.4. The SMILES string of the molecule is O=C(OCC(Cl)(Cl)Cl)C1CCNCC1. The van der Waals surface area contributed by atoms with Crippen LogP contribution in [0.15, 0.2) is 0 Å². The Labute approximate surface area is 98.0 Å². The largest absolute Gasteiger partial charge is 0.461 e. The van der Waals surface area contributed by atoms with E-state index in [1.165, 1.54) is 0 Å². The maximum Gasteiger partial charge on any atom is 0.309 e. The molecule has 0 aromatic heterocycles. The molecular formula is C8H12Cl3NO2. The molecule has 0 spiro atoms. The van der Waals surface area contributed by atoms with E-state index < -0.39 is 3.79 Å². The van der Waals surface area contributed by atoms with Gasteiger partial charge in [-0.1, -0.05) is 34.8 Å². The van der Waals surface area contributed by atoms with E-state index in [1.54, 1.807) is 0 Å². The minimum absolute atomic E-state index is 0.0522. The molecular weight excluding hydrogens is 248 g/mol. The van der Waals surface area contributed by atoms with Crippen LogP contribution >= 0.6 is 34.8 Å². The van der Waals surface area contributed by atoms with Crippen LogP contribution in [0.3, 0.4) is 0 Å². The molecule has 6 heteroatoms. The number of piperidine rings is 1. The molecule has 0 radical (unpaired) electrons. The first-order chi connectivity index (χ1) is 6.49. The number of halogens is 3. The van der Waals surface area contributed by atoms with E-state index in [2.05, 4.69) is 5.32 Å². The monoisotopic (exact) mass is 259 g/mol. The Hall–Kier alpha value is 0.300. The summed E-state index contributed by atoms with van der Waals surface area (Å²) in [6, 6.07) is 0. The first-order valence-corrected chi connectivity index (χ1v) is 5.56. The summed E-state index contributed by atoms with van der Waals surface area (Å²) in [6.45, 7) is 1.50. The van der Waals surface area contributed by atoms with E-state index in [4.69, 9.17) is 39.5 Å². The molecule has 0 atom stereocenters. The number of alkyl halides is 3. The van der Waals surface area contributed by atoms with Gasteiger partial charge in [0, 0.05) is 0 Å². The summed E-state index contributed by atoms with van der Waals surface area (Å²) in [5.74, 6) is -0.318. The van der Waals surface area contributed by atoms with Crippen LogP contribution in [-0.2, 0) is 9.53 Å². The van der Waals surface area contributed by atoms with Gasteiger partial charge >= 0.3 is 5.97 Å². The van der Waals surface area contributed by atoms with E-state index >= 15 is 0 Å². The van der Waals surface area contributed by atoms with Crippen molar-refractivity contribution in [1.29, 1.82) is 0 Å². The van der Waals surface area contributed by atoms with Gasteiger partial charge in [-0.15, -0.1) is 0 Å². The normalized spacial score (nSPS) is 19.4. The molecule has 1 heterocycles. The third kappa shape index (κ3) is 4.69. The van der Waals surface area contributed by atoms with Crippen molar-refractivity contribution < 1.29 is 9.53 Å². The van der Waals surface area contributed by atoms with Crippen LogP contribution in [0.2, 0.25) is 0 Å². The fraction of sp³-hybridized carbons (Fsp3) is 0.875. The van der Waals surface area contributed by atoms with Gasteiger partial charge in [0.1, 0.15) is 6.61 Å². The standard InChI is InChI=1S/C8H12Cl3NO2/c9-8(10,11)5-14-7(13)6-1-3-12-4-2-6/h6,12H,1-5H2. The molecule has 82 valence electrons. The zero-order valence-electron chi connectivity index (χ0n) is 7.56. The van der Waals surface area contributed by atoms with Gasteiger partial charge in [-0.2, -0.15) is 0 Å². The van der Waals surface area contributed by atoms with Gasteiger partial charge in [-0.3, -0.25) is 4.79 Å². The van der Waals surface area contributed by atoms with Crippen LogP contribution in [0, 0.1) is 5.92 Å². The van der Waals surface area contributed by atoms with Crippen LogP contribution in [0.1, 0.15) is 12.8 Å². The molecule has 0 bridgehead atoms. The van der Waals surface area contributed by atoms with Gasteiger partial charge in [0.2, 0.25) is 3.79 Å². The number of nitrogens with one attached hydrogen (secondary N) is 1. The first kappa shape index (κ1) is 12.4. The van der Waals surface area contributed by atoms with E-state index in [9.17, 15) is 4.79 Å². The fourth-order valence-electron chi connectivity index (χ4n) is 1.33. The highest BCUT2D eigenvalue weighted by Crippen LogP contribution is 2.26. The van der Waals surface area contributed by atoms with Gasteiger partial charge in [0.15, 0.2) is 0 Å². The molecule has 1 rings (SSSR count). The number of carbonyl (C=O) groups excluding carboxylic acids is 1. The van der Waals surface area contributed by atoms with Crippen molar-refractivity contribution in [2.75, 3.05) is 19.7 Å². The summed E-state index contributed by atoms with van der Waals surface area (Å²) in [5, 5.41) is 3.16. The van der Waals surface area contributed by atoms with Gasteiger partial charge in [0.05, 0.1) is 5.92 Å². The molecule has 0 amide bonds.